The predicted molar refractivity (Wildman–Crippen MR) is 56.5 cm³/mol. The molecule has 0 aromatic carbocycles. The third kappa shape index (κ3) is 2.86. The molecule has 0 fully saturated rings. The molecule has 1 atom stereocenters. The minimum atomic E-state index is -2.61. The van der Waals surface area contributed by atoms with Gasteiger partial charge in [0.1, 0.15) is 12.1 Å². The lowest BCUT2D eigenvalue weighted by molar-refractivity contribution is 0.330. The molecule has 1 heterocycles. The SMILES string of the molecule is CCOP(C)(=O)Cn1nc(C)cc1N. The van der Waals surface area contributed by atoms with Crippen molar-refractivity contribution < 1.29 is 9.09 Å². The van der Waals surface area contributed by atoms with Gasteiger partial charge in [0.2, 0.25) is 7.37 Å². The van der Waals surface area contributed by atoms with E-state index in [1.165, 1.54) is 4.68 Å². The molecule has 0 radical (unpaired) electrons. The molecule has 0 saturated carbocycles. The number of nitrogen functional groups attached to an aromatic ring is 1. The van der Waals surface area contributed by atoms with Crippen molar-refractivity contribution in [3.63, 3.8) is 0 Å². The number of rotatable bonds is 4. The van der Waals surface area contributed by atoms with E-state index >= 15 is 0 Å². The van der Waals surface area contributed by atoms with Crippen molar-refractivity contribution in [3.05, 3.63) is 11.8 Å². The number of anilines is 1. The van der Waals surface area contributed by atoms with Crippen molar-refractivity contribution in [2.75, 3.05) is 19.0 Å². The first-order chi connectivity index (χ1) is 6.44. The van der Waals surface area contributed by atoms with Gasteiger partial charge in [0.25, 0.3) is 0 Å². The first-order valence-electron chi connectivity index (χ1n) is 4.45. The van der Waals surface area contributed by atoms with Crippen molar-refractivity contribution in [2.24, 2.45) is 0 Å². The van der Waals surface area contributed by atoms with Crippen molar-refractivity contribution in [1.82, 2.24) is 9.78 Å². The maximum Gasteiger partial charge on any atom is 0.221 e. The molecule has 0 aliphatic rings. The van der Waals surface area contributed by atoms with Gasteiger partial charge >= 0.3 is 0 Å². The van der Waals surface area contributed by atoms with Gasteiger partial charge in [-0.15, -0.1) is 0 Å². The molecule has 14 heavy (non-hydrogen) atoms. The van der Waals surface area contributed by atoms with Crippen LogP contribution in [0.15, 0.2) is 6.07 Å². The zero-order valence-electron chi connectivity index (χ0n) is 8.73. The summed E-state index contributed by atoms with van der Waals surface area (Å²) in [6.07, 6.45) is 0.237. The van der Waals surface area contributed by atoms with Crippen LogP contribution in [0.2, 0.25) is 0 Å². The second kappa shape index (κ2) is 4.15. The highest BCUT2D eigenvalue weighted by atomic mass is 31.2. The summed E-state index contributed by atoms with van der Waals surface area (Å²) in [7, 11) is -2.61. The van der Waals surface area contributed by atoms with E-state index in [2.05, 4.69) is 5.10 Å². The summed E-state index contributed by atoms with van der Waals surface area (Å²) >= 11 is 0. The summed E-state index contributed by atoms with van der Waals surface area (Å²) in [6, 6.07) is 1.74. The van der Waals surface area contributed by atoms with Crippen LogP contribution >= 0.6 is 7.37 Å². The summed E-state index contributed by atoms with van der Waals surface area (Å²) in [5.74, 6) is 0.518. The molecule has 0 bridgehead atoms. The molecule has 1 aromatic rings. The molecular weight excluding hydrogens is 201 g/mol. The minimum Gasteiger partial charge on any atom is -0.384 e. The Morgan fingerprint density at radius 2 is 2.36 bits per heavy atom. The van der Waals surface area contributed by atoms with Gasteiger partial charge in [-0.3, -0.25) is 4.57 Å². The highest BCUT2D eigenvalue weighted by molar-refractivity contribution is 7.57. The number of nitrogens with zero attached hydrogens (tertiary/aromatic N) is 2. The Morgan fingerprint density at radius 3 is 2.79 bits per heavy atom. The maximum atomic E-state index is 11.8. The van der Waals surface area contributed by atoms with Crippen molar-refractivity contribution in [3.8, 4) is 0 Å². The van der Waals surface area contributed by atoms with Gasteiger partial charge in [-0.2, -0.15) is 5.10 Å². The van der Waals surface area contributed by atoms with E-state index in [1.807, 2.05) is 13.8 Å². The number of hydrogen-bond acceptors (Lipinski definition) is 4. The van der Waals surface area contributed by atoms with Gasteiger partial charge in [0, 0.05) is 12.7 Å². The fraction of sp³-hybridized carbons (Fsp3) is 0.625. The van der Waals surface area contributed by atoms with Gasteiger partial charge in [-0.25, -0.2) is 4.68 Å². The lowest BCUT2D eigenvalue weighted by Crippen LogP contribution is -2.06. The quantitative estimate of drug-likeness (QED) is 0.779. The molecular formula is C8H16N3O2P. The Bertz CT molecular complexity index is 361. The average Bonchev–Trinajstić information content (AvgIpc) is 2.28. The molecule has 1 rings (SSSR count). The van der Waals surface area contributed by atoms with Gasteiger partial charge in [-0.1, -0.05) is 0 Å². The standard InChI is InChI=1S/C8H16N3O2P/c1-4-13-14(3,12)6-11-8(9)5-7(2)10-11/h5H,4,6,9H2,1-3H3. The van der Waals surface area contributed by atoms with Gasteiger partial charge in [0.15, 0.2) is 0 Å². The Labute approximate surface area is 83.7 Å². The van der Waals surface area contributed by atoms with Crippen LogP contribution in [0.5, 0.6) is 0 Å². The van der Waals surface area contributed by atoms with Gasteiger partial charge in [-0.05, 0) is 13.8 Å². The van der Waals surface area contributed by atoms with Gasteiger partial charge in [0.05, 0.1) is 12.3 Å². The predicted octanol–water partition coefficient (Wildman–Crippen LogP) is 1.68. The van der Waals surface area contributed by atoms with Crippen LogP contribution in [0.25, 0.3) is 0 Å². The van der Waals surface area contributed by atoms with E-state index < -0.39 is 7.37 Å². The molecule has 0 spiro atoms. The van der Waals surface area contributed by atoms with Crippen LogP contribution in [0.1, 0.15) is 12.6 Å². The van der Waals surface area contributed by atoms with E-state index in [1.54, 1.807) is 12.7 Å². The first-order valence-corrected chi connectivity index (χ1v) is 6.71. The summed E-state index contributed by atoms with van der Waals surface area (Å²) in [4.78, 5) is 0. The molecule has 1 unspecified atom stereocenters. The highest BCUT2D eigenvalue weighted by Crippen LogP contribution is 2.44. The third-order valence-corrected chi connectivity index (χ3v) is 3.31. The molecule has 0 saturated heterocycles. The van der Waals surface area contributed by atoms with Gasteiger partial charge < -0.3 is 10.3 Å². The van der Waals surface area contributed by atoms with E-state index in [0.717, 1.165) is 5.69 Å². The van der Waals surface area contributed by atoms with E-state index in [0.29, 0.717) is 12.4 Å². The highest BCUT2D eigenvalue weighted by Gasteiger charge is 2.17. The fourth-order valence-corrected chi connectivity index (χ4v) is 2.58. The second-order valence-electron chi connectivity index (χ2n) is 3.28. The topological polar surface area (TPSA) is 70.1 Å². The number of aromatic nitrogens is 2. The monoisotopic (exact) mass is 217 g/mol. The molecule has 6 heteroatoms. The van der Waals surface area contributed by atoms with Crippen LogP contribution in [0.3, 0.4) is 0 Å². The maximum absolute atomic E-state index is 11.8. The fourth-order valence-electron chi connectivity index (χ4n) is 1.24. The Balaban J connectivity index is 2.78. The summed E-state index contributed by atoms with van der Waals surface area (Å²) in [5, 5.41) is 4.12. The second-order valence-corrected chi connectivity index (χ2v) is 5.85. The number of hydrogen-bond donors (Lipinski definition) is 1. The average molecular weight is 217 g/mol. The summed E-state index contributed by atoms with van der Waals surface area (Å²) < 4.78 is 18.5. The van der Waals surface area contributed by atoms with E-state index in [4.69, 9.17) is 10.3 Å². The van der Waals surface area contributed by atoms with Crippen LogP contribution in [0, 0.1) is 6.92 Å². The summed E-state index contributed by atoms with van der Waals surface area (Å²) in [6.45, 7) is 5.68. The molecule has 0 aliphatic heterocycles. The molecule has 5 nitrogen and oxygen atoms in total. The Kier molecular flexibility index (Phi) is 3.34. The first kappa shape index (κ1) is 11.3. The Hall–Kier alpha value is -0.800. The van der Waals surface area contributed by atoms with E-state index in [-0.39, 0.29) is 6.29 Å². The molecule has 0 aliphatic carbocycles. The zero-order chi connectivity index (χ0) is 10.8. The third-order valence-electron chi connectivity index (χ3n) is 1.73. The molecule has 1 aromatic heterocycles. The zero-order valence-corrected chi connectivity index (χ0v) is 9.62. The van der Waals surface area contributed by atoms with Crippen molar-refractivity contribution in [2.45, 2.75) is 20.1 Å². The number of aryl methyl sites for hydroxylation is 1. The van der Waals surface area contributed by atoms with Crippen LogP contribution in [-0.4, -0.2) is 23.1 Å². The molecule has 2 N–H and O–H groups in total. The normalized spacial score (nSPS) is 15.4. The molecule has 0 amide bonds. The van der Waals surface area contributed by atoms with Crippen molar-refractivity contribution >= 4 is 13.2 Å². The Morgan fingerprint density at radius 1 is 1.71 bits per heavy atom. The lowest BCUT2D eigenvalue weighted by Gasteiger charge is -2.13. The van der Waals surface area contributed by atoms with Crippen LogP contribution in [-0.2, 0) is 15.4 Å². The lowest BCUT2D eigenvalue weighted by atomic mass is 10.5. The van der Waals surface area contributed by atoms with Crippen LogP contribution < -0.4 is 5.73 Å². The minimum absolute atomic E-state index is 0.237. The van der Waals surface area contributed by atoms with Crippen molar-refractivity contribution in [1.29, 1.82) is 0 Å². The number of nitrogens with two attached hydrogens (primary N) is 1. The molecule has 80 valence electrons. The largest absolute Gasteiger partial charge is 0.384 e. The van der Waals surface area contributed by atoms with E-state index in [9.17, 15) is 4.57 Å². The smallest absolute Gasteiger partial charge is 0.221 e. The van der Waals surface area contributed by atoms with Crippen LogP contribution in [0.4, 0.5) is 5.82 Å². The summed E-state index contributed by atoms with van der Waals surface area (Å²) in [5.41, 5.74) is 6.49.